The summed E-state index contributed by atoms with van der Waals surface area (Å²) in [6.07, 6.45) is 7.38. The van der Waals surface area contributed by atoms with Crippen molar-refractivity contribution in [2.45, 2.75) is 56.9 Å². The van der Waals surface area contributed by atoms with Crippen LogP contribution in [0.15, 0.2) is 47.5 Å². The van der Waals surface area contributed by atoms with Crippen LogP contribution >= 0.6 is 11.3 Å². The number of ether oxygens (including phenoxy) is 3. The summed E-state index contributed by atoms with van der Waals surface area (Å²) in [5.74, 6) is 4.27. The average Bonchev–Trinajstić information content (AvgIpc) is 3.62. The molecule has 4 atom stereocenters. The van der Waals surface area contributed by atoms with Gasteiger partial charge in [0.05, 0.1) is 25.4 Å². The molecule has 0 saturated heterocycles. The van der Waals surface area contributed by atoms with E-state index in [1.165, 1.54) is 34.4 Å². The highest BCUT2D eigenvalue weighted by atomic mass is 32.1. The molecule has 1 fully saturated rings. The van der Waals surface area contributed by atoms with Crippen molar-refractivity contribution in [1.82, 2.24) is 9.55 Å². The van der Waals surface area contributed by atoms with Crippen LogP contribution < -0.4 is 19.8 Å². The maximum atomic E-state index is 14.0. The molecule has 7 heteroatoms. The Labute approximate surface area is 225 Å². The zero-order chi connectivity index (χ0) is 25.6. The lowest BCUT2D eigenvalue weighted by Gasteiger charge is -2.49. The fourth-order valence-corrected chi connectivity index (χ4v) is 9.39. The summed E-state index contributed by atoms with van der Waals surface area (Å²) >= 11 is 1.75. The first-order valence-corrected chi connectivity index (χ1v) is 14.4. The average molecular weight is 527 g/mol. The molecular formula is C31H30N2O4S. The number of rotatable bonds is 3. The molecule has 0 radical (unpaired) electrons. The summed E-state index contributed by atoms with van der Waals surface area (Å²) in [6, 6.07) is 12.6. The Morgan fingerprint density at radius 2 is 2.05 bits per heavy atom. The molecule has 2 aromatic carbocycles. The lowest BCUT2D eigenvalue weighted by atomic mass is 9.55. The summed E-state index contributed by atoms with van der Waals surface area (Å²) in [5, 5.41) is 0.859. The molecule has 4 unspecified atom stereocenters. The van der Waals surface area contributed by atoms with Crippen LogP contribution in [0.1, 0.15) is 59.2 Å². The van der Waals surface area contributed by atoms with Crippen LogP contribution in [0.5, 0.6) is 17.2 Å². The molecule has 4 aliphatic rings. The molecule has 3 aliphatic carbocycles. The van der Waals surface area contributed by atoms with Gasteiger partial charge in [-0.3, -0.25) is 9.36 Å². The number of hydrogen-bond donors (Lipinski definition) is 0. The summed E-state index contributed by atoms with van der Waals surface area (Å²) in [7, 11) is 1.75. The Bertz CT molecular complexity index is 1670. The highest BCUT2D eigenvalue weighted by Crippen LogP contribution is 2.62. The molecule has 6 nitrogen and oxygen atoms in total. The quantitative estimate of drug-likeness (QED) is 0.337. The number of benzene rings is 2. The predicted molar refractivity (Wildman–Crippen MR) is 147 cm³/mol. The summed E-state index contributed by atoms with van der Waals surface area (Å²) in [4.78, 5) is 21.0. The maximum absolute atomic E-state index is 14.0. The summed E-state index contributed by atoms with van der Waals surface area (Å²) < 4.78 is 18.3. The van der Waals surface area contributed by atoms with Crippen LogP contribution in [0.25, 0.3) is 10.2 Å². The largest absolute Gasteiger partial charge is 0.497 e. The molecule has 8 rings (SSSR count). The van der Waals surface area contributed by atoms with Crippen molar-refractivity contribution in [1.29, 1.82) is 0 Å². The van der Waals surface area contributed by atoms with Gasteiger partial charge in [-0.05, 0) is 102 Å². The van der Waals surface area contributed by atoms with Gasteiger partial charge in [-0.1, -0.05) is 19.1 Å². The van der Waals surface area contributed by atoms with Crippen molar-refractivity contribution in [2.75, 3.05) is 13.9 Å². The molecule has 2 aromatic heterocycles. The fourth-order valence-electron chi connectivity index (χ4n) is 8.06. The molecular weight excluding hydrogens is 496 g/mol. The summed E-state index contributed by atoms with van der Waals surface area (Å²) in [6.45, 7) is 3.15. The van der Waals surface area contributed by atoms with Gasteiger partial charge in [0.2, 0.25) is 6.79 Å². The lowest BCUT2D eigenvalue weighted by molar-refractivity contribution is 0.106. The van der Waals surface area contributed by atoms with Crippen molar-refractivity contribution in [3.63, 3.8) is 0 Å². The van der Waals surface area contributed by atoms with Gasteiger partial charge in [-0.2, -0.15) is 0 Å². The van der Waals surface area contributed by atoms with E-state index in [0.29, 0.717) is 24.3 Å². The van der Waals surface area contributed by atoms with Gasteiger partial charge in [-0.25, -0.2) is 4.98 Å². The van der Waals surface area contributed by atoms with E-state index in [1.54, 1.807) is 29.3 Å². The van der Waals surface area contributed by atoms with Crippen LogP contribution in [0, 0.1) is 11.8 Å². The number of fused-ring (bicyclic) bond motifs is 10. The molecule has 1 saturated carbocycles. The highest BCUT2D eigenvalue weighted by Gasteiger charge is 2.54. The molecule has 0 amide bonds. The van der Waals surface area contributed by atoms with Gasteiger partial charge >= 0.3 is 0 Å². The van der Waals surface area contributed by atoms with Crippen molar-refractivity contribution >= 4 is 21.6 Å². The molecule has 0 N–H and O–H groups in total. The second-order valence-corrected chi connectivity index (χ2v) is 12.7. The van der Waals surface area contributed by atoms with E-state index >= 15 is 0 Å². The topological polar surface area (TPSA) is 62.6 Å². The van der Waals surface area contributed by atoms with Gasteiger partial charge < -0.3 is 14.2 Å². The molecule has 0 bridgehead atoms. The number of aryl methyl sites for hydroxylation is 1. The van der Waals surface area contributed by atoms with Crippen molar-refractivity contribution in [2.24, 2.45) is 11.8 Å². The van der Waals surface area contributed by atoms with E-state index in [9.17, 15) is 4.79 Å². The number of hydrogen-bond acceptors (Lipinski definition) is 6. The molecule has 38 heavy (non-hydrogen) atoms. The molecule has 1 aliphatic heterocycles. The zero-order valence-electron chi connectivity index (χ0n) is 21.7. The van der Waals surface area contributed by atoms with E-state index in [-0.39, 0.29) is 17.8 Å². The Balaban J connectivity index is 1.16. The third-order valence-corrected chi connectivity index (χ3v) is 11.0. The molecule has 3 heterocycles. The second-order valence-electron chi connectivity index (χ2n) is 11.6. The fraction of sp³-hybridized carbons (Fsp3) is 0.419. The zero-order valence-corrected chi connectivity index (χ0v) is 22.5. The minimum atomic E-state index is 0.0253. The number of aromatic nitrogens is 2. The van der Waals surface area contributed by atoms with Crippen LogP contribution in [-0.4, -0.2) is 23.5 Å². The van der Waals surface area contributed by atoms with Crippen LogP contribution in [0.3, 0.4) is 0 Å². The van der Waals surface area contributed by atoms with Crippen LogP contribution in [0.2, 0.25) is 0 Å². The standard InChI is InChI=1S/C31H30N2O4S/c1-31-10-9-21-20-7-5-19(35-2)12-18(20)4-6-22(21)23(31)13-26-28(31)27-29(38-26)32-15-33(30(27)34)14-17-3-8-24-25(11-17)37-16-36-24/h3,5,7-8,11-12,15,21-23H,4,6,9-10,13-14,16H2,1-2H3. The van der Waals surface area contributed by atoms with Gasteiger partial charge in [0, 0.05) is 4.88 Å². The van der Waals surface area contributed by atoms with Gasteiger partial charge in [-0.15, -0.1) is 11.3 Å². The number of nitrogens with zero attached hydrogens (tertiary/aromatic N) is 2. The third kappa shape index (κ3) is 3.11. The normalized spacial score (nSPS) is 26.5. The number of thiophene rings is 1. The smallest absolute Gasteiger partial charge is 0.262 e. The third-order valence-electron chi connectivity index (χ3n) is 9.84. The van der Waals surface area contributed by atoms with E-state index in [4.69, 9.17) is 19.2 Å². The Hall–Kier alpha value is -3.32. The van der Waals surface area contributed by atoms with Gasteiger partial charge in [0.25, 0.3) is 5.56 Å². The van der Waals surface area contributed by atoms with Gasteiger partial charge in [0.15, 0.2) is 11.5 Å². The first-order chi connectivity index (χ1) is 18.5. The SMILES string of the molecule is COc1ccc2c(c1)CCC1C2CCC2(C)c3c(sc4ncn(Cc5ccc6c(c5)OCO6)c(=O)c34)CC12. The Morgan fingerprint density at radius 1 is 1.16 bits per heavy atom. The Morgan fingerprint density at radius 3 is 2.95 bits per heavy atom. The lowest BCUT2D eigenvalue weighted by Crippen LogP contribution is -2.43. The van der Waals surface area contributed by atoms with E-state index in [2.05, 4.69) is 25.1 Å². The predicted octanol–water partition coefficient (Wildman–Crippen LogP) is 5.81. The molecule has 0 spiro atoms. The summed E-state index contributed by atoms with van der Waals surface area (Å²) in [5.41, 5.74) is 5.40. The van der Waals surface area contributed by atoms with Crippen LogP contribution in [0.4, 0.5) is 0 Å². The number of methoxy groups -OCH3 is 1. The van der Waals surface area contributed by atoms with Crippen molar-refractivity contribution in [3.05, 3.63) is 80.2 Å². The highest BCUT2D eigenvalue weighted by molar-refractivity contribution is 7.18. The van der Waals surface area contributed by atoms with Crippen LogP contribution in [-0.2, 0) is 24.8 Å². The molecule has 194 valence electrons. The van der Waals surface area contributed by atoms with Crippen molar-refractivity contribution in [3.8, 4) is 17.2 Å². The van der Waals surface area contributed by atoms with E-state index in [1.807, 2.05) is 18.2 Å². The molecule has 4 aromatic rings. The Kier molecular flexibility index (Phi) is 4.82. The second kappa shape index (κ2) is 8.09. The minimum absolute atomic E-state index is 0.0253. The van der Waals surface area contributed by atoms with Gasteiger partial charge in [0.1, 0.15) is 10.6 Å². The monoisotopic (exact) mass is 526 g/mol. The van der Waals surface area contributed by atoms with Crippen molar-refractivity contribution < 1.29 is 14.2 Å². The minimum Gasteiger partial charge on any atom is -0.497 e. The van der Waals surface area contributed by atoms with E-state index < -0.39 is 0 Å². The first kappa shape index (κ1) is 22.6. The first-order valence-electron chi connectivity index (χ1n) is 13.6. The van der Waals surface area contributed by atoms with E-state index in [0.717, 1.165) is 52.3 Å². The maximum Gasteiger partial charge on any atom is 0.262 e.